The number of fused-ring (bicyclic) bond motifs is 3. The first-order valence-electron chi connectivity index (χ1n) is 8.30. The lowest BCUT2D eigenvalue weighted by atomic mass is 10.0. The Morgan fingerprint density at radius 1 is 1.11 bits per heavy atom. The molecule has 0 spiro atoms. The van der Waals surface area contributed by atoms with E-state index < -0.39 is 17.3 Å². The molecule has 0 saturated heterocycles. The molecule has 4 rings (SSSR count). The largest absolute Gasteiger partial charge is 0.434 e. The van der Waals surface area contributed by atoms with Gasteiger partial charge in [0.25, 0.3) is 11.7 Å². The van der Waals surface area contributed by atoms with Crippen molar-refractivity contribution in [2.45, 2.75) is 13.8 Å². The summed E-state index contributed by atoms with van der Waals surface area (Å²) in [5.74, 6) is -0.999. The topological polar surface area (TPSA) is 89.2 Å². The van der Waals surface area contributed by atoms with Crippen LogP contribution in [0.5, 0.6) is 5.75 Å². The molecule has 2 heterocycles. The number of rotatable bonds is 2. The van der Waals surface area contributed by atoms with Crippen LogP contribution >= 0.6 is 15.9 Å². The first-order valence-corrected chi connectivity index (χ1v) is 9.09. The van der Waals surface area contributed by atoms with Gasteiger partial charge in [-0.15, -0.1) is 5.10 Å². The van der Waals surface area contributed by atoms with E-state index in [-0.39, 0.29) is 22.8 Å². The number of anilines is 1. The molecule has 28 heavy (non-hydrogen) atoms. The third kappa shape index (κ3) is 3.01. The van der Waals surface area contributed by atoms with Gasteiger partial charge in [0.1, 0.15) is 11.3 Å². The maximum absolute atomic E-state index is 12.9. The second-order valence-corrected chi connectivity index (χ2v) is 7.12. The van der Waals surface area contributed by atoms with E-state index in [9.17, 15) is 14.4 Å². The number of hydrogen-bond acceptors (Lipinski definition) is 6. The number of nitrogens with zero attached hydrogens (tertiary/aromatic N) is 2. The average molecular weight is 441 g/mol. The van der Waals surface area contributed by atoms with Gasteiger partial charge in [0.05, 0.1) is 5.69 Å². The van der Waals surface area contributed by atoms with E-state index in [1.807, 2.05) is 0 Å². The third-order valence-corrected chi connectivity index (χ3v) is 4.80. The van der Waals surface area contributed by atoms with Crippen LogP contribution < -0.4 is 15.4 Å². The summed E-state index contributed by atoms with van der Waals surface area (Å²) in [5.41, 5.74) is 0.874. The summed E-state index contributed by atoms with van der Waals surface area (Å²) in [4.78, 5) is 36.8. The maximum Gasteiger partial charge on any atom is 0.336 e. The Kier molecular flexibility index (Phi) is 4.35. The normalized spacial score (nSPS) is 14.2. The summed E-state index contributed by atoms with van der Waals surface area (Å²) in [7, 11) is 0. The maximum atomic E-state index is 12.9. The zero-order chi connectivity index (χ0) is 20.0. The molecule has 0 aliphatic carbocycles. The molecule has 1 aromatic heterocycles. The van der Waals surface area contributed by atoms with Gasteiger partial charge in [-0.2, -0.15) is 5.01 Å². The van der Waals surface area contributed by atoms with E-state index in [0.29, 0.717) is 16.6 Å². The number of aryl methyl sites for hydroxylation is 1. The van der Waals surface area contributed by atoms with Gasteiger partial charge in [-0.05, 0) is 48.9 Å². The standard InChI is InChI=1S/C20H13BrN2O5/c1-10-9-16(25)28-19-14(10)7-8-15-17(19)18(26)20(27-15)22-23(11(2)24)13-5-3-12(21)4-6-13/h3-9H,1-2H3/b22-20+. The van der Waals surface area contributed by atoms with Crippen molar-refractivity contribution in [3.05, 3.63) is 68.5 Å². The molecule has 0 bridgehead atoms. The van der Waals surface area contributed by atoms with Crippen LogP contribution in [-0.4, -0.2) is 17.6 Å². The van der Waals surface area contributed by atoms with E-state index in [4.69, 9.17) is 9.15 Å². The number of hydrogen-bond donors (Lipinski definition) is 0. The third-order valence-electron chi connectivity index (χ3n) is 4.27. The van der Waals surface area contributed by atoms with Gasteiger partial charge in [0.15, 0.2) is 5.58 Å². The highest BCUT2D eigenvalue weighted by Crippen LogP contribution is 2.34. The van der Waals surface area contributed by atoms with Gasteiger partial charge in [0.2, 0.25) is 5.91 Å². The molecule has 0 fully saturated rings. The quantitative estimate of drug-likeness (QED) is 0.446. The lowest BCUT2D eigenvalue weighted by molar-refractivity contribution is -0.116. The number of amides is 1. The van der Waals surface area contributed by atoms with Crippen LogP contribution in [-0.2, 0) is 4.79 Å². The minimum absolute atomic E-state index is 0.122. The highest BCUT2D eigenvalue weighted by atomic mass is 79.9. The van der Waals surface area contributed by atoms with Crippen LogP contribution in [0.25, 0.3) is 11.0 Å². The predicted octanol–water partition coefficient (Wildman–Crippen LogP) is 3.81. The fourth-order valence-electron chi connectivity index (χ4n) is 2.97. The number of hydrazone groups is 1. The fraction of sp³-hybridized carbons (Fsp3) is 0.100. The Hall–Kier alpha value is -3.26. The SMILES string of the molecule is CC(=O)N(/N=C1/Oc2ccc3c(C)cc(=O)oc3c2C1=O)c1ccc(Br)cc1. The molecule has 8 heteroatoms. The molecular weight excluding hydrogens is 428 g/mol. The molecule has 140 valence electrons. The Bertz CT molecular complexity index is 1230. The Morgan fingerprint density at radius 2 is 1.82 bits per heavy atom. The predicted molar refractivity (Wildman–Crippen MR) is 107 cm³/mol. The van der Waals surface area contributed by atoms with Gasteiger partial charge in [-0.1, -0.05) is 15.9 Å². The summed E-state index contributed by atoms with van der Waals surface area (Å²) in [6.07, 6.45) is 0. The highest BCUT2D eigenvalue weighted by molar-refractivity contribution is 9.10. The van der Waals surface area contributed by atoms with Crippen molar-refractivity contribution < 1.29 is 18.7 Å². The zero-order valence-electron chi connectivity index (χ0n) is 14.9. The van der Waals surface area contributed by atoms with Gasteiger partial charge >= 0.3 is 5.63 Å². The molecule has 1 amide bonds. The average Bonchev–Trinajstić information content (AvgIpc) is 2.96. The van der Waals surface area contributed by atoms with Crippen LogP contribution in [0.3, 0.4) is 0 Å². The van der Waals surface area contributed by atoms with E-state index in [1.165, 1.54) is 13.0 Å². The molecular formula is C20H13BrN2O5. The molecule has 3 aromatic rings. The van der Waals surface area contributed by atoms with Crippen molar-refractivity contribution >= 4 is 50.2 Å². The van der Waals surface area contributed by atoms with Crippen molar-refractivity contribution in [3.63, 3.8) is 0 Å². The monoisotopic (exact) mass is 440 g/mol. The van der Waals surface area contributed by atoms with Gasteiger partial charge in [-0.25, -0.2) is 4.79 Å². The molecule has 0 unspecified atom stereocenters. The number of carbonyl (C=O) groups excluding carboxylic acids is 2. The van der Waals surface area contributed by atoms with E-state index in [0.717, 1.165) is 9.48 Å². The number of halogens is 1. The van der Waals surface area contributed by atoms with Crippen LogP contribution in [0.1, 0.15) is 22.8 Å². The summed E-state index contributed by atoms with van der Waals surface area (Å²) >= 11 is 3.33. The number of ketones is 1. The van der Waals surface area contributed by atoms with Crippen LogP contribution in [0.4, 0.5) is 5.69 Å². The second kappa shape index (κ2) is 6.72. The molecule has 1 aliphatic rings. The smallest absolute Gasteiger partial charge is 0.336 e. The first kappa shape index (κ1) is 18.1. The molecule has 7 nitrogen and oxygen atoms in total. The Labute approximate surface area is 167 Å². The first-order chi connectivity index (χ1) is 13.3. The fourth-order valence-corrected chi connectivity index (χ4v) is 3.24. The Balaban J connectivity index is 1.82. The number of Topliss-reactive ketones (excluding diaryl/α,β-unsaturated/α-hetero) is 1. The van der Waals surface area contributed by atoms with E-state index in [2.05, 4.69) is 21.0 Å². The molecule has 0 radical (unpaired) electrons. The lowest BCUT2D eigenvalue weighted by Crippen LogP contribution is -2.27. The Morgan fingerprint density at radius 3 is 2.50 bits per heavy atom. The lowest BCUT2D eigenvalue weighted by Gasteiger charge is -2.15. The van der Waals surface area contributed by atoms with Crippen molar-refractivity contribution in [2.75, 3.05) is 5.01 Å². The molecule has 1 aliphatic heterocycles. The number of carbonyl (C=O) groups is 2. The summed E-state index contributed by atoms with van der Waals surface area (Å²) in [5, 5.41) is 5.83. The summed E-state index contributed by atoms with van der Waals surface area (Å²) in [6, 6.07) is 11.5. The van der Waals surface area contributed by atoms with Gasteiger partial charge in [-0.3, -0.25) is 9.59 Å². The minimum Gasteiger partial charge on any atom is -0.434 e. The van der Waals surface area contributed by atoms with Crippen molar-refractivity contribution in [3.8, 4) is 5.75 Å². The van der Waals surface area contributed by atoms with Crippen molar-refractivity contribution in [1.29, 1.82) is 0 Å². The molecule has 0 N–H and O–H groups in total. The van der Waals surface area contributed by atoms with Crippen LogP contribution in [0, 0.1) is 6.92 Å². The van der Waals surface area contributed by atoms with E-state index >= 15 is 0 Å². The van der Waals surface area contributed by atoms with Crippen LogP contribution in [0.15, 0.2) is 61.3 Å². The van der Waals surface area contributed by atoms with Gasteiger partial charge in [0, 0.05) is 22.8 Å². The summed E-state index contributed by atoms with van der Waals surface area (Å²) < 4.78 is 11.7. The second-order valence-electron chi connectivity index (χ2n) is 6.21. The molecule has 0 atom stereocenters. The zero-order valence-corrected chi connectivity index (χ0v) is 16.4. The highest BCUT2D eigenvalue weighted by Gasteiger charge is 2.34. The molecule has 2 aromatic carbocycles. The number of benzene rings is 2. The van der Waals surface area contributed by atoms with E-state index in [1.54, 1.807) is 43.3 Å². The van der Waals surface area contributed by atoms with Crippen molar-refractivity contribution in [2.24, 2.45) is 5.10 Å². The van der Waals surface area contributed by atoms with Gasteiger partial charge < -0.3 is 9.15 Å². The van der Waals surface area contributed by atoms with Crippen LogP contribution in [0.2, 0.25) is 0 Å². The number of ether oxygens (including phenoxy) is 1. The van der Waals surface area contributed by atoms with Crippen molar-refractivity contribution in [1.82, 2.24) is 0 Å². The minimum atomic E-state index is -0.559. The summed E-state index contributed by atoms with van der Waals surface area (Å²) in [6.45, 7) is 3.09. The molecule has 0 saturated carbocycles.